The minimum Gasteiger partial charge on any atom is -0.352 e. The smallest absolute Gasteiger partial charge is 0.224 e. The van der Waals surface area contributed by atoms with E-state index in [1.807, 2.05) is 24.3 Å². The third kappa shape index (κ3) is 4.27. The third-order valence-electron chi connectivity index (χ3n) is 4.54. The van der Waals surface area contributed by atoms with Gasteiger partial charge in [-0.1, -0.05) is 87.5 Å². The molecule has 0 aliphatic carbocycles. The standard InChI is InChI=1S/C23H25NO/c1-23(2,3)20-13-11-17(12-14-20)16-24-22(25)15-19-9-6-8-18-7-4-5-10-21(18)19/h4-14H,15-16H2,1-3H3,(H,24,25). The molecule has 0 heterocycles. The Morgan fingerprint density at radius 2 is 1.56 bits per heavy atom. The van der Waals surface area contributed by atoms with Crippen molar-refractivity contribution in [2.24, 2.45) is 0 Å². The van der Waals surface area contributed by atoms with Crippen molar-refractivity contribution < 1.29 is 4.79 Å². The minimum absolute atomic E-state index is 0.0521. The average molecular weight is 331 g/mol. The highest BCUT2D eigenvalue weighted by atomic mass is 16.1. The van der Waals surface area contributed by atoms with Gasteiger partial charge in [0.15, 0.2) is 0 Å². The van der Waals surface area contributed by atoms with Gasteiger partial charge in [-0.05, 0) is 32.9 Å². The van der Waals surface area contributed by atoms with E-state index in [-0.39, 0.29) is 11.3 Å². The van der Waals surface area contributed by atoms with Crippen molar-refractivity contribution in [2.45, 2.75) is 39.2 Å². The van der Waals surface area contributed by atoms with E-state index >= 15 is 0 Å². The van der Waals surface area contributed by atoms with Crippen LogP contribution in [0.2, 0.25) is 0 Å². The summed E-state index contributed by atoms with van der Waals surface area (Å²) < 4.78 is 0. The van der Waals surface area contributed by atoms with Gasteiger partial charge in [0.2, 0.25) is 5.91 Å². The number of benzene rings is 3. The van der Waals surface area contributed by atoms with Gasteiger partial charge in [0.25, 0.3) is 0 Å². The molecule has 25 heavy (non-hydrogen) atoms. The molecule has 2 nitrogen and oxygen atoms in total. The van der Waals surface area contributed by atoms with Crippen molar-refractivity contribution >= 4 is 16.7 Å². The maximum Gasteiger partial charge on any atom is 0.224 e. The molecule has 2 heteroatoms. The van der Waals surface area contributed by atoms with Crippen LogP contribution < -0.4 is 5.32 Å². The lowest BCUT2D eigenvalue weighted by atomic mass is 9.87. The van der Waals surface area contributed by atoms with E-state index in [1.54, 1.807) is 0 Å². The van der Waals surface area contributed by atoms with E-state index in [9.17, 15) is 4.79 Å². The molecule has 1 N–H and O–H groups in total. The monoisotopic (exact) mass is 331 g/mol. The lowest BCUT2D eigenvalue weighted by Crippen LogP contribution is -2.24. The summed E-state index contributed by atoms with van der Waals surface area (Å²) in [6.45, 7) is 7.17. The van der Waals surface area contributed by atoms with Crippen LogP contribution in [0.3, 0.4) is 0 Å². The van der Waals surface area contributed by atoms with Gasteiger partial charge in [0.05, 0.1) is 6.42 Å². The topological polar surface area (TPSA) is 29.1 Å². The zero-order valence-corrected chi connectivity index (χ0v) is 15.2. The Kier molecular flexibility index (Phi) is 4.89. The first-order valence-electron chi connectivity index (χ1n) is 8.76. The molecule has 3 rings (SSSR count). The molecular weight excluding hydrogens is 306 g/mol. The lowest BCUT2D eigenvalue weighted by Gasteiger charge is -2.19. The van der Waals surface area contributed by atoms with E-state index in [0.29, 0.717) is 13.0 Å². The number of nitrogens with one attached hydrogen (secondary N) is 1. The van der Waals surface area contributed by atoms with Gasteiger partial charge >= 0.3 is 0 Å². The predicted octanol–water partition coefficient (Wildman–Crippen LogP) is 5.00. The summed E-state index contributed by atoms with van der Waals surface area (Å²) in [7, 11) is 0. The highest BCUT2D eigenvalue weighted by Gasteiger charge is 2.13. The Morgan fingerprint density at radius 1 is 0.880 bits per heavy atom. The second-order valence-electron chi connectivity index (χ2n) is 7.54. The number of hydrogen-bond acceptors (Lipinski definition) is 1. The van der Waals surface area contributed by atoms with Crippen LogP contribution in [-0.4, -0.2) is 5.91 Å². The number of amides is 1. The average Bonchev–Trinajstić information content (AvgIpc) is 2.60. The van der Waals surface area contributed by atoms with E-state index < -0.39 is 0 Å². The summed E-state index contributed by atoms with van der Waals surface area (Å²) in [5.74, 6) is 0.0521. The van der Waals surface area contributed by atoms with Crippen LogP contribution in [0, 0.1) is 0 Å². The molecule has 0 saturated carbocycles. The molecular formula is C23H25NO. The molecule has 0 spiro atoms. The summed E-state index contributed by atoms with van der Waals surface area (Å²) >= 11 is 0. The maximum atomic E-state index is 12.3. The molecule has 1 amide bonds. The highest BCUT2D eigenvalue weighted by molar-refractivity contribution is 5.90. The molecule has 128 valence electrons. The third-order valence-corrected chi connectivity index (χ3v) is 4.54. The molecule has 3 aromatic rings. The number of rotatable bonds is 4. The van der Waals surface area contributed by atoms with Crippen LogP contribution >= 0.6 is 0 Å². The Hall–Kier alpha value is -2.61. The van der Waals surface area contributed by atoms with Crippen LogP contribution in [0.1, 0.15) is 37.5 Å². The van der Waals surface area contributed by atoms with Gasteiger partial charge in [-0.15, -0.1) is 0 Å². The van der Waals surface area contributed by atoms with Crippen molar-refractivity contribution in [3.63, 3.8) is 0 Å². The summed E-state index contributed by atoms with van der Waals surface area (Å²) in [5, 5.41) is 5.35. The SMILES string of the molecule is CC(C)(C)c1ccc(CNC(=O)Cc2cccc3ccccc23)cc1. The fourth-order valence-electron chi connectivity index (χ4n) is 3.01. The van der Waals surface area contributed by atoms with Gasteiger partial charge in [-0.3, -0.25) is 4.79 Å². The van der Waals surface area contributed by atoms with Crippen molar-refractivity contribution in [2.75, 3.05) is 0 Å². The maximum absolute atomic E-state index is 12.3. The summed E-state index contributed by atoms with van der Waals surface area (Å²) in [4.78, 5) is 12.3. The highest BCUT2D eigenvalue weighted by Crippen LogP contribution is 2.22. The number of carbonyl (C=O) groups is 1. The van der Waals surface area contributed by atoms with Crippen LogP contribution in [0.15, 0.2) is 66.7 Å². The molecule has 0 bridgehead atoms. The molecule has 0 aliphatic heterocycles. The van der Waals surface area contributed by atoms with Crippen LogP contribution in [0.25, 0.3) is 10.8 Å². The summed E-state index contributed by atoms with van der Waals surface area (Å²) in [5.41, 5.74) is 3.65. The van der Waals surface area contributed by atoms with Gasteiger partial charge in [-0.2, -0.15) is 0 Å². The zero-order valence-electron chi connectivity index (χ0n) is 15.2. The van der Waals surface area contributed by atoms with E-state index in [1.165, 1.54) is 10.9 Å². The van der Waals surface area contributed by atoms with E-state index in [2.05, 4.69) is 68.6 Å². The van der Waals surface area contributed by atoms with Gasteiger partial charge in [0, 0.05) is 6.54 Å². The first kappa shape index (κ1) is 17.2. The second-order valence-corrected chi connectivity index (χ2v) is 7.54. The zero-order chi connectivity index (χ0) is 17.9. The van der Waals surface area contributed by atoms with E-state index in [4.69, 9.17) is 0 Å². The van der Waals surface area contributed by atoms with Crippen LogP contribution in [0.5, 0.6) is 0 Å². The Balaban J connectivity index is 1.63. The molecule has 3 aromatic carbocycles. The molecule has 0 saturated heterocycles. The molecule has 0 fully saturated rings. The molecule has 0 aromatic heterocycles. The molecule has 0 aliphatic rings. The molecule has 0 radical (unpaired) electrons. The second kappa shape index (κ2) is 7.10. The minimum atomic E-state index is 0.0521. The molecule has 0 unspecified atom stereocenters. The quantitative estimate of drug-likeness (QED) is 0.716. The number of carbonyl (C=O) groups excluding carboxylic acids is 1. The first-order valence-corrected chi connectivity index (χ1v) is 8.76. The van der Waals surface area contributed by atoms with Gasteiger partial charge < -0.3 is 5.32 Å². The summed E-state index contributed by atoms with van der Waals surface area (Å²) in [6.07, 6.45) is 0.404. The number of hydrogen-bond donors (Lipinski definition) is 1. The normalized spacial score (nSPS) is 11.5. The lowest BCUT2D eigenvalue weighted by molar-refractivity contribution is -0.120. The van der Waals surface area contributed by atoms with Gasteiger partial charge in [-0.25, -0.2) is 0 Å². The van der Waals surface area contributed by atoms with Crippen molar-refractivity contribution in [1.82, 2.24) is 5.32 Å². The van der Waals surface area contributed by atoms with Gasteiger partial charge in [0.1, 0.15) is 0 Å². The van der Waals surface area contributed by atoms with Crippen LogP contribution in [-0.2, 0) is 23.2 Å². The molecule has 0 atom stereocenters. The fourth-order valence-corrected chi connectivity index (χ4v) is 3.01. The predicted molar refractivity (Wildman–Crippen MR) is 105 cm³/mol. The van der Waals surface area contributed by atoms with Crippen molar-refractivity contribution in [3.05, 3.63) is 83.4 Å². The largest absolute Gasteiger partial charge is 0.352 e. The summed E-state index contributed by atoms with van der Waals surface area (Å²) in [6, 6.07) is 22.8. The Morgan fingerprint density at radius 3 is 2.28 bits per heavy atom. The Labute approximate surface area is 149 Å². The first-order chi connectivity index (χ1) is 11.9. The number of fused-ring (bicyclic) bond motifs is 1. The Bertz CT molecular complexity index is 867. The van der Waals surface area contributed by atoms with E-state index in [0.717, 1.165) is 16.5 Å². The fraction of sp³-hybridized carbons (Fsp3) is 0.261. The van der Waals surface area contributed by atoms with Crippen LogP contribution in [0.4, 0.5) is 0 Å². The van der Waals surface area contributed by atoms with Crippen molar-refractivity contribution in [3.8, 4) is 0 Å². The van der Waals surface area contributed by atoms with Crippen molar-refractivity contribution in [1.29, 1.82) is 0 Å².